The number of nitrogens with zero attached hydrogens (tertiary/aromatic N) is 1. The molecule has 0 amide bonds. The monoisotopic (exact) mass is 174 g/mol. The third-order valence-electron chi connectivity index (χ3n) is 1.79. The van der Waals surface area contributed by atoms with E-state index >= 15 is 0 Å². The number of aryl methyl sites for hydroxylation is 1. The summed E-state index contributed by atoms with van der Waals surface area (Å²) in [6.07, 6.45) is 3.36. The van der Waals surface area contributed by atoms with Gasteiger partial charge in [0.15, 0.2) is 5.75 Å². The van der Waals surface area contributed by atoms with Gasteiger partial charge < -0.3 is 4.74 Å². The molecular weight excluding hydrogens is 164 g/mol. The molecule has 3 heteroatoms. The molecule has 0 bridgehead atoms. The molecule has 13 heavy (non-hydrogen) atoms. The van der Waals surface area contributed by atoms with Gasteiger partial charge >= 0.3 is 0 Å². The Balaban J connectivity index is 2.24. The van der Waals surface area contributed by atoms with Crippen LogP contribution in [0.5, 0.6) is 11.5 Å². The molecular formula is C10H10N2O. The number of hydrogen-bond donors (Lipinski definition) is 1. The summed E-state index contributed by atoms with van der Waals surface area (Å²) in [6, 6.07) is 7.87. The number of aromatic nitrogens is 2. The van der Waals surface area contributed by atoms with Gasteiger partial charge in [0.1, 0.15) is 5.75 Å². The summed E-state index contributed by atoms with van der Waals surface area (Å²) >= 11 is 0. The van der Waals surface area contributed by atoms with Gasteiger partial charge in [-0.1, -0.05) is 18.2 Å². The predicted octanol–water partition coefficient (Wildman–Crippen LogP) is 2.51. The maximum Gasteiger partial charge on any atom is 0.165 e. The number of rotatable bonds is 2. The van der Waals surface area contributed by atoms with Crippen LogP contribution in [0.1, 0.15) is 5.56 Å². The molecule has 0 atom stereocenters. The van der Waals surface area contributed by atoms with Crippen LogP contribution >= 0.6 is 0 Å². The Morgan fingerprint density at radius 3 is 2.85 bits per heavy atom. The third kappa shape index (κ3) is 1.69. The van der Waals surface area contributed by atoms with Crippen LogP contribution < -0.4 is 4.74 Å². The predicted molar refractivity (Wildman–Crippen MR) is 49.8 cm³/mol. The fraction of sp³-hybridized carbons (Fsp3) is 0.100. The summed E-state index contributed by atoms with van der Waals surface area (Å²) < 4.78 is 5.56. The van der Waals surface area contributed by atoms with Crippen LogP contribution in [0, 0.1) is 6.92 Å². The van der Waals surface area contributed by atoms with Crippen molar-refractivity contribution in [3.8, 4) is 11.5 Å². The molecule has 2 rings (SSSR count). The lowest BCUT2D eigenvalue weighted by atomic mass is 10.2. The molecule has 0 radical (unpaired) electrons. The van der Waals surface area contributed by atoms with Gasteiger partial charge in [0.05, 0.1) is 12.4 Å². The zero-order chi connectivity index (χ0) is 9.10. The second kappa shape index (κ2) is 3.31. The molecule has 0 fully saturated rings. The lowest BCUT2D eigenvalue weighted by Crippen LogP contribution is -1.84. The van der Waals surface area contributed by atoms with E-state index in [1.54, 1.807) is 12.4 Å². The number of ether oxygens (including phenoxy) is 1. The molecule has 0 aliphatic carbocycles. The number of aromatic amines is 1. The van der Waals surface area contributed by atoms with Crippen LogP contribution in [0.4, 0.5) is 0 Å². The maximum atomic E-state index is 5.56. The van der Waals surface area contributed by atoms with Crippen molar-refractivity contribution in [1.82, 2.24) is 10.2 Å². The number of nitrogens with one attached hydrogen (secondary N) is 1. The Bertz CT molecular complexity index is 382. The van der Waals surface area contributed by atoms with Crippen molar-refractivity contribution in [1.29, 1.82) is 0 Å². The number of para-hydroxylation sites is 1. The van der Waals surface area contributed by atoms with Crippen molar-refractivity contribution in [2.24, 2.45) is 0 Å². The van der Waals surface area contributed by atoms with Crippen molar-refractivity contribution in [2.45, 2.75) is 6.92 Å². The fourth-order valence-electron chi connectivity index (χ4n) is 1.09. The highest BCUT2D eigenvalue weighted by atomic mass is 16.5. The molecule has 1 heterocycles. The van der Waals surface area contributed by atoms with E-state index in [1.807, 2.05) is 31.2 Å². The first-order valence-electron chi connectivity index (χ1n) is 4.08. The maximum absolute atomic E-state index is 5.56. The van der Waals surface area contributed by atoms with Crippen LogP contribution in [0.3, 0.4) is 0 Å². The highest BCUT2D eigenvalue weighted by molar-refractivity contribution is 5.35. The molecule has 3 nitrogen and oxygen atoms in total. The second-order valence-electron chi connectivity index (χ2n) is 2.80. The molecule has 0 saturated carbocycles. The summed E-state index contributed by atoms with van der Waals surface area (Å²) in [5.41, 5.74) is 1.11. The quantitative estimate of drug-likeness (QED) is 0.759. The third-order valence-corrected chi connectivity index (χ3v) is 1.79. The van der Waals surface area contributed by atoms with Gasteiger partial charge in [-0.05, 0) is 18.6 Å². The second-order valence-corrected chi connectivity index (χ2v) is 2.80. The van der Waals surface area contributed by atoms with Crippen molar-refractivity contribution in [3.63, 3.8) is 0 Å². The Labute approximate surface area is 76.4 Å². The van der Waals surface area contributed by atoms with Gasteiger partial charge in [-0.15, -0.1) is 0 Å². The van der Waals surface area contributed by atoms with Gasteiger partial charge in [-0.3, -0.25) is 5.10 Å². The van der Waals surface area contributed by atoms with Gasteiger partial charge in [-0.2, -0.15) is 5.10 Å². The highest BCUT2D eigenvalue weighted by Gasteiger charge is 1.99. The Hall–Kier alpha value is -1.77. The van der Waals surface area contributed by atoms with Crippen LogP contribution in [-0.4, -0.2) is 10.2 Å². The lowest BCUT2D eigenvalue weighted by molar-refractivity contribution is 0.479. The molecule has 1 N–H and O–H groups in total. The summed E-state index contributed by atoms with van der Waals surface area (Å²) in [7, 11) is 0. The SMILES string of the molecule is Cc1ccccc1Oc1cn[nH]c1. The first-order valence-corrected chi connectivity index (χ1v) is 4.08. The summed E-state index contributed by atoms with van der Waals surface area (Å²) in [5, 5.41) is 6.49. The Kier molecular flexibility index (Phi) is 2.00. The van der Waals surface area contributed by atoms with Crippen LogP contribution in [0.15, 0.2) is 36.7 Å². The van der Waals surface area contributed by atoms with E-state index in [9.17, 15) is 0 Å². The molecule has 2 aromatic rings. The Morgan fingerprint density at radius 2 is 2.15 bits per heavy atom. The molecule has 0 saturated heterocycles. The van der Waals surface area contributed by atoms with Crippen molar-refractivity contribution in [2.75, 3.05) is 0 Å². The van der Waals surface area contributed by atoms with Gasteiger partial charge in [0, 0.05) is 0 Å². The van der Waals surface area contributed by atoms with Gasteiger partial charge in [-0.25, -0.2) is 0 Å². The van der Waals surface area contributed by atoms with E-state index in [4.69, 9.17) is 4.74 Å². The standard InChI is InChI=1S/C10H10N2O/c1-8-4-2-3-5-10(8)13-9-6-11-12-7-9/h2-7H,1H3,(H,11,12). The van der Waals surface area contributed by atoms with Crippen LogP contribution in [0.25, 0.3) is 0 Å². The average Bonchev–Trinajstić information content (AvgIpc) is 2.61. The van der Waals surface area contributed by atoms with E-state index in [0.717, 1.165) is 17.1 Å². The number of H-pyrrole nitrogens is 1. The summed E-state index contributed by atoms with van der Waals surface area (Å²) in [6.45, 7) is 2.01. The van der Waals surface area contributed by atoms with Crippen molar-refractivity contribution in [3.05, 3.63) is 42.2 Å². The largest absolute Gasteiger partial charge is 0.454 e. The van der Waals surface area contributed by atoms with Gasteiger partial charge in [0.25, 0.3) is 0 Å². The smallest absolute Gasteiger partial charge is 0.165 e. The zero-order valence-corrected chi connectivity index (χ0v) is 7.32. The molecule has 66 valence electrons. The van der Waals surface area contributed by atoms with Crippen LogP contribution in [0.2, 0.25) is 0 Å². The topological polar surface area (TPSA) is 37.9 Å². The van der Waals surface area contributed by atoms with E-state index in [2.05, 4.69) is 10.2 Å². The van der Waals surface area contributed by atoms with E-state index in [1.165, 1.54) is 0 Å². The summed E-state index contributed by atoms with van der Waals surface area (Å²) in [5.74, 6) is 1.60. The molecule has 0 unspecified atom stereocenters. The minimum absolute atomic E-state index is 0.731. The summed E-state index contributed by atoms with van der Waals surface area (Å²) in [4.78, 5) is 0. The highest BCUT2D eigenvalue weighted by Crippen LogP contribution is 2.22. The molecule has 0 spiro atoms. The molecule has 0 aliphatic heterocycles. The molecule has 1 aromatic carbocycles. The minimum Gasteiger partial charge on any atom is -0.454 e. The molecule has 0 aliphatic rings. The van der Waals surface area contributed by atoms with E-state index in [0.29, 0.717) is 0 Å². The van der Waals surface area contributed by atoms with E-state index in [-0.39, 0.29) is 0 Å². The minimum atomic E-state index is 0.731. The number of benzene rings is 1. The number of hydrogen-bond acceptors (Lipinski definition) is 2. The first kappa shape index (κ1) is 7.86. The van der Waals surface area contributed by atoms with Crippen molar-refractivity contribution < 1.29 is 4.74 Å². The first-order chi connectivity index (χ1) is 6.36. The lowest BCUT2D eigenvalue weighted by Gasteiger charge is -2.04. The molecule has 1 aromatic heterocycles. The van der Waals surface area contributed by atoms with Crippen molar-refractivity contribution >= 4 is 0 Å². The fourth-order valence-corrected chi connectivity index (χ4v) is 1.09. The normalized spacial score (nSPS) is 9.92. The Morgan fingerprint density at radius 1 is 1.31 bits per heavy atom. The van der Waals surface area contributed by atoms with Gasteiger partial charge in [0.2, 0.25) is 0 Å². The van der Waals surface area contributed by atoms with E-state index < -0.39 is 0 Å². The average molecular weight is 174 g/mol. The zero-order valence-electron chi connectivity index (χ0n) is 7.32. The van der Waals surface area contributed by atoms with Crippen LogP contribution in [-0.2, 0) is 0 Å².